The maximum absolute atomic E-state index is 2.36. The first-order chi connectivity index (χ1) is 21.2. The Labute approximate surface area is 254 Å². The van der Waals surface area contributed by atoms with Crippen LogP contribution >= 0.6 is 0 Å². The van der Waals surface area contributed by atoms with E-state index in [1.54, 1.807) is 0 Å². The molecule has 0 heteroatoms. The van der Waals surface area contributed by atoms with Crippen molar-refractivity contribution in [2.45, 2.75) is 20.3 Å². The van der Waals surface area contributed by atoms with Crippen molar-refractivity contribution >= 4 is 27.6 Å². The molecule has 7 rings (SSSR count). The molecule has 0 aliphatic carbocycles. The van der Waals surface area contributed by atoms with E-state index in [0.717, 1.165) is 6.42 Å². The number of fused-ring (bicyclic) bond motifs is 2. The van der Waals surface area contributed by atoms with E-state index in [0.29, 0.717) is 0 Å². The van der Waals surface area contributed by atoms with Crippen molar-refractivity contribution in [3.8, 4) is 44.5 Å². The maximum Gasteiger partial charge on any atom is -0.00262 e. The molecule has 206 valence electrons. The fraction of sp³-hybridized carbons (Fsp3) is 0.0698. The summed E-state index contributed by atoms with van der Waals surface area (Å²) in [6.45, 7) is 4.37. The molecule has 0 N–H and O–H groups in total. The second-order valence-electron chi connectivity index (χ2n) is 11.3. The van der Waals surface area contributed by atoms with Crippen LogP contribution in [0.4, 0.5) is 0 Å². The average molecular weight is 551 g/mol. The highest BCUT2D eigenvalue weighted by atomic mass is 14.2. The second kappa shape index (κ2) is 11.6. The summed E-state index contributed by atoms with van der Waals surface area (Å²) >= 11 is 0. The van der Waals surface area contributed by atoms with Crippen LogP contribution in [-0.2, 0) is 0 Å². The highest BCUT2D eigenvalue weighted by Gasteiger charge is 2.17. The van der Waals surface area contributed by atoms with Gasteiger partial charge in [0, 0.05) is 0 Å². The summed E-state index contributed by atoms with van der Waals surface area (Å²) in [6.07, 6.45) is 5.51. The minimum Gasteiger partial charge on any atom is -0.0842 e. The van der Waals surface area contributed by atoms with Gasteiger partial charge in [0.2, 0.25) is 0 Å². The van der Waals surface area contributed by atoms with Gasteiger partial charge in [-0.05, 0) is 109 Å². The molecule has 0 atom stereocenters. The van der Waals surface area contributed by atoms with Crippen LogP contribution < -0.4 is 0 Å². The molecule has 0 spiro atoms. The third-order valence-electron chi connectivity index (χ3n) is 8.49. The number of aryl methyl sites for hydroxylation is 1. The van der Waals surface area contributed by atoms with E-state index in [1.807, 2.05) is 0 Å². The van der Waals surface area contributed by atoms with Crippen LogP contribution in [0.15, 0.2) is 152 Å². The minimum absolute atomic E-state index is 1.03. The van der Waals surface area contributed by atoms with E-state index in [4.69, 9.17) is 0 Å². The monoisotopic (exact) mass is 550 g/mol. The Morgan fingerprint density at radius 1 is 0.419 bits per heavy atom. The molecule has 0 fully saturated rings. The summed E-state index contributed by atoms with van der Waals surface area (Å²) in [5.41, 5.74) is 12.6. The molecule has 7 aromatic rings. The summed E-state index contributed by atoms with van der Waals surface area (Å²) in [6, 6.07) is 53.3. The van der Waals surface area contributed by atoms with Gasteiger partial charge in [-0.25, -0.2) is 0 Å². The quantitative estimate of drug-likeness (QED) is 0.181. The van der Waals surface area contributed by atoms with Crippen LogP contribution in [0.2, 0.25) is 0 Å². The molecular weight excluding hydrogens is 516 g/mol. The fourth-order valence-electron chi connectivity index (χ4n) is 6.33. The number of hydrogen-bond acceptors (Lipinski definition) is 0. The van der Waals surface area contributed by atoms with Crippen molar-refractivity contribution in [1.82, 2.24) is 0 Å². The standard InChI is InChI=1S/C43H34/c1-3-4-14-32-27-35(26-25-30(32)2)34-18-13-20-37(29-34)43-40-23-10-8-21-38(40)42(39-22-9-11-24-41(39)43)36-19-12-17-33(28-36)31-15-6-5-7-16-31/h4-29H,3H2,1-2H3/b14-4-. The van der Waals surface area contributed by atoms with E-state index in [-0.39, 0.29) is 0 Å². The Hall–Kier alpha value is -5.20. The van der Waals surface area contributed by atoms with E-state index < -0.39 is 0 Å². The summed E-state index contributed by atoms with van der Waals surface area (Å²) in [5.74, 6) is 0. The van der Waals surface area contributed by atoms with Crippen LogP contribution in [0.5, 0.6) is 0 Å². The van der Waals surface area contributed by atoms with Crippen LogP contribution in [0.25, 0.3) is 72.1 Å². The Morgan fingerprint density at radius 3 is 1.40 bits per heavy atom. The van der Waals surface area contributed by atoms with Crippen molar-refractivity contribution < 1.29 is 0 Å². The van der Waals surface area contributed by atoms with Crippen LogP contribution in [0.1, 0.15) is 24.5 Å². The number of rotatable bonds is 6. The predicted molar refractivity (Wildman–Crippen MR) is 187 cm³/mol. The van der Waals surface area contributed by atoms with Gasteiger partial charge in [-0.3, -0.25) is 0 Å². The van der Waals surface area contributed by atoms with Crippen molar-refractivity contribution in [2.75, 3.05) is 0 Å². The Morgan fingerprint density at radius 2 is 0.860 bits per heavy atom. The van der Waals surface area contributed by atoms with Crippen LogP contribution in [-0.4, -0.2) is 0 Å². The summed E-state index contributed by atoms with van der Waals surface area (Å²) in [4.78, 5) is 0. The molecule has 0 aromatic heterocycles. The zero-order chi connectivity index (χ0) is 29.2. The van der Waals surface area contributed by atoms with E-state index >= 15 is 0 Å². The Bertz CT molecular complexity index is 2050. The fourth-order valence-corrected chi connectivity index (χ4v) is 6.33. The average Bonchev–Trinajstić information content (AvgIpc) is 3.07. The van der Waals surface area contributed by atoms with Crippen LogP contribution in [0, 0.1) is 6.92 Å². The zero-order valence-corrected chi connectivity index (χ0v) is 24.7. The maximum atomic E-state index is 2.36. The van der Waals surface area contributed by atoms with Gasteiger partial charge in [-0.15, -0.1) is 0 Å². The second-order valence-corrected chi connectivity index (χ2v) is 11.3. The van der Waals surface area contributed by atoms with Crippen molar-refractivity contribution in [3.63, 3.8) is 0 Å². The lowest BCUT2D eigenvalue weighted by Crippen LogP contribution is -1.91. The summed E-state index contributed by atoms with van der Waals surface area (Å²) < 4.78 is 0. The SMILES string of the molecule is CC/C=C\c1cc(-c2cccc(-c3c4ccccc4c(-c4cccc(-c5ccccc5)c4)c4ccccc34)c2)ccc1C. The van der Waals surface area contributed by atoms with E-state index in [1.165, 1.54) is 77.2 Å². The smallest absolute Gasteiger partial charge is 0.00262 e. The van der Waals surface area contributed by atoms with E-state index in [9.17, 15) is 0 Å². The summed E-state index contributed by atoms with van der Waals surface area (Å²) in [7, 11) is 0. The van der Waals surface area contributed by atoms with Gasteiger partial charge in [0.15, 0.2) is 0 Å². The topological polar surface area (TPSA) is 0 Å². The lowest BCUT2D eigenvalue weighted by molar-refractivity contribution is 1.23. The van der Waals surface area contributed by atoms with Gasteiger partial charge in [0.05, 0.1) is 0 Å². The molecule has 0 nitrogen and oxygen atoms in total. The van der Waals surface area contributed by atoms with Crippen molar-refractivity contribution in [1.29, 1.82) is 0 Å². The van der Waals surface area contributed by atoms with Gasteiger partial charge < -0.3 is 0 Å². The molecule has 0 amide bonds. The first kappa shape index (κ1) is 26.7. The molecule has 0 heterocycles. The molecule has 0 unspecified atom stereocenters. The van der Waals surface area contributed by atoms with Crippen molar-refractivity contribution in [2.24, 2.45) is 0 Å². The molecule has 0 saturated carbocycles. The van der Waals surface area contributed by atoms with Gasteiger partial charge in [0.1, 0.15) is 0 Å². The highest BCUT2D eigenvalue weighted by Crippen LogP contribution is 2.44. The Balaban J connectivity index is 1.45. The molecule has 0 radical (unpaired) electrons. The Kier molecular flexibility index (Phi) is 7.19. The first-order valence-electron chi connectivity index (χ1n) is 15.2. The van der Waals surface area contributed by atoms with Gasteiger partial charge in [-0.1, -0.05) is 146 Å². The predicted octanol–water partition coefficient (Wildman–Crippen LogP) is 12.4. The normalized spacial score (nSPS) is 11.5. The number of allylic oxidation sites excluding steroid dienone is 1. The zero-order valence-electron chi connectivity index (χ0n) is 24.7. The highest BCUT2D eigenvalue weighted by molar-refractivity contribution is 6.21. The van der Waals surface area contributed by atoms with Gasteiger partial charge in [-0.2, -0.15) is 0 Å². The molecule has 0 bridgehead atoms. The minimum atomic E-state index is 1.03. The number of benzene rings is 7. The van der Waals surface area contributed by atoms with Gasteiger partial charge >= 0.3 is 0 Å². The van der Waals surface area contributed by atoms with Gasteiger partial charge in [0.25, 0.3) is 0 Å². The molecule has 7 aromatic carbocycles. The molecule has 0 saturated heterocycles. The third-order valence-corrected chi connectivity index (χ3v) is 8.49. The lowest BCUT2D eigenvalue weighted by Gasteiger charge is -2.18. The molecular formula is C43H34. The largest absolute Gasteiger partial charge is 0.0842 e. The van der Waals surface area contributed by atoms with Crippen LogP contribution in [0.3, 0.4) is 0 Å². The number of hydrogen-bond donors (Lipinski definition) is 0. The first-order valence-corrected chi connectivity index (χ1v) is 15.2. The molecule has 43 heavy (non-hydrogen) atoms. The van der Waals surface area contributed by atoms with Crippen molar-refractivity contribution in [3.05, 3.63) is 163 Å². The summed E-state index contributed by atoms with van der Waals surface area (Å²) in [5, 5.41) is 5.09. The third kappa shape index (κ3) is 5.07. The lowest BCUT2D eigenvalue weighted by atomic mass is 9.85. The van der Waals surface area contributed by atoms with E-state index in [2.05, 4.69) is 172 Å². The molecule has 0 aliphatic heterocycles. The molecule has 0 aliphatic rings.